The molecule has 0 bridgehead atoms. The molecular formula is C41H57FN4O3. The van der Waals surface area contributed by atoms with Crippen molar-refractivity contribution >= 4 is 11.7 Å². The lowest BCUT2D eigenvalue weighted by Gasteiger charge is -2.40. The van der Waals surface area contributed by atoms with E-state index in [1.807, 2.05) is 19.9 Å². The second kappa shape index (κ2) is 15.3. The number of carboxylic acids is 1. The van der Waals surface area contributed by atoms with Gasteiger partial charge >= 0.3 is 5.97 Å². The zero-order valence-corrected chi connectivity index (χ0v) is 30.8. The lowest BCUT2D eigenvalue weighted by atomic mass is 9.81. The van der Waals surface area contributed by atoms with Gasteiger partial charge < -0.3 is 15.1 Å². The molecule has 2 saturated heterocycles. The minimum absolute atomic E-state index is 0.0201. The molecule has 49 heavy (non-hydrogen) atoms. The molecule has 2 fully saturated rings. The Balaban J connectivity index is 0.000000874. The molecule has 4 heterocycles. The summed E-state index contributed by atoms with van der Waals surface area (Å²) in [5, 5.41) is 18.5. The van der Waals surface area contributed by atoms with Gasteiger partial charge in [0.05, 0.1) is 23.4 Å². The van der Waals surface area contributed by atoms with Crippen molar-refractivity contribution in [3.8, 4) is 11.1 Å². The Morgan fingerprint density at radius 2 is 1.59 bits per heavy atom. The molecule has 0 unspecified atom stereocenters. The molecule has 2 aromatic carbocycles. The summed E-state index contributed by atoms with van der Waals surface area (Å²) >= 11 is 0. The molecule has 7 nitrogen and oxygen atoms in total. The van der Waals surface area contributed by atoms with Crippen LogP contribution in [-0.4, -0.2) is 69.3 Å². The van der Waals surface area contributed by atoms with Crippen molar-refractivity contribution in [1.82, 2.24) is 14.8 Å². The van der Waals surface area contributed by atoms with Crippen LogP contribution in [0.3, 0.4) is 0 Å². The van der Waals surface area contributed by atoms with E-state index < -0.39 is 11.6 Å². The fraction of sp³-hybridized carbons (Fsp3) is 0.561. The Bertz CT molecular complexity index is 1620. The van der Waals surface area contributed by atoms with Gasteiger partial charge in [-0.25, -0.2) is 4.39 Å². The number of aliphatic carboxylic acids is 1. The number of piperidine rings is 1. The first kappa shape index (κ1) is 36.9. The van der Waals surface area contributed by atoms with Crippen LogP contribution >= 0.6 is 0 Å². The second-order valence-electron chi connectivity index (χ2n) is 16.2. The number of fused-ring (bicyclic) bond motifs is 1. The number of halogens is 1. The molecular weight excluding hydrogens is 615 g/mol. The summed E-state index contributed by atoms with van der Waals surface area (Å²) in [5.74, 6) is -0.995. The number of aryl methyl sites for hydroxylation is 2. The number of pyridine rings is 1. The highest BCUT2D eigenvalue weighted by atomic mass is 19.1. The van der Waals surface area contributed by atoms with Crippen LogP contribution in [0.15, 0.2) is 36.4 Å². The number of benzene rings is 2. The SMILES string of the molecule is CC(C)(C)O.Cc1cc(F)ccc1CN1CCc2cc(-c3c(CN4CCCC4)nc(C)c(CC(=O)O)c3N3CCC(C)(C)CC3)ccc2C1. The fourth-order valence-corrected chi connectivity index (χ4v) is 7.38. The highest BCUT2D eigenvalue weighted by molar-refractivity contribution is 5.87. The number of aliphatic hydroxyl groups is 1. The molecule has 0 radical (unpaired) electrons. The van der Waals surface area contributed by atoms with Crippen molar-refractivity contribution in [2.45, 2.75) is 112 Å². The van der Waals surface area contributed by atoms with Gasteiger partial charge in [-0.3, -0.25) is 19.6 Å². The van der Waals surface area contributed by atoms with Gasteiger partial charge in [0.15, 0.2) is 0 Å². The van der Waals surface area contributed by atoms with Gasteiger partial charge in [-0.1, -0.05) is 38.1 Å². The summed E-state index contributed by atoms with van der Waals surface area (Å²) in [4.78, 5) is 24.8. The zero-order valence-electron chi connectivity index (χ0n) is 30.8. The van der Waals surface area contributed by atoms with Gasteiger partial charge in [-0.15, -0.1) is 0 Å². The zero-order chi connectivity index (χ0) is 35.5. The standard InChI is InChI=1S/C37H47FN4O2.C4H10O/c1-25-19-31(38)10-9-29(25)22-41-16-11-27-20-28(7-8-30(27)23-41)35-33(24-40-14-5-6-15-40)39-26(2)32(21-34(43)44)36(35)42-17-12-37(3,4)13-18-42;1-4(2,3)5/h7-10,19-20H,5-6,11-18,21-24H2,1-4H3,(H,43,44);5H,1-3H3. The number of carbonyl (C=O) groups is 1. The molecule has 6 rings (SSSR count). The summed E-state index contributed by atoms with van der Waals surface area (Å²) in [6.45, 7) is 21.3. The Morgan fingerprint density at radius 1 is 0.918 bits per heavy atom. The number of rotatable bonds is 8. The van der Waals surface area contributed by atoms with E-state index in [2.05, 4.69) is 46.7 Å². The summed E-state index contributed by atoms with van der Waals surface area (Å²) in [7, 11) is 0. The van der Waals surface area contributed by atoms with Gasteiger partial charge in [0.2, 0.25) is 0 Å². The van der Waals surface area contributed by atoms with Crippen molar-refractivity contribution in [3.63, 3.8) is 0 Å². The third-order valence-electron chi connectivity index (χ3n) is 10.2. The highest BCUT2D eigenvalue weighted by Gasteiger charge is 2.32. The van der Waals surface area contributed by atoms with Crippen molar-refractivity contribution in [2.75, 3.05) is 37.6 Å². The van der Waals surface area contributed by atoms with Gasteiger partial charge in [-0.05, 0) is 125 Å². The molecule has 2 N–H and O–H groups in total. The van der Waals surface area contributed by atoms with Crippen molar-refractivity contribution in [3.05, 3.63) is 81.4 Å². The third-order valence-corrected chi connectivity index (χ3v) is 10.2. The normalized spacial score (nSPS) is 18.2. The Morgan fingerprint density at radius 3 is 2.22 bits per heavy atom. The van der Waals surface area contributed by atoms with Crippen LogP contribution < -0.4 is 4.90 Å². The summed E-state index contributed by atoms with van der Waals surface area (Å²) < 4.78 is 13.7. The van der Waals surface area contributed by atoms with Crippen molar-refractivity contribution < 1.29 is 19.4 Å². The minimum atomic E-state index is -0.811. The second-order valence-corrected chi connectivity index (χ2v) is 16.2. The Hall–Kier alpha value is -3.33. The monoisotopic (exact) mass is 672 g/mol. The van der Waals surface area contributed by atoms with Gasteiger partial charge in [0, 0.05) is 56.1 Å². The number of anilines is 1. The number of carboxylic acid groups (broad SMARTS) is 1. The summed E-state index contributed by atoms with van der Waals surface area (Å²) in [5.41, 5.74) is 10.8. The molecule has 0 amide bonds. The maximum atomic E-state index is 13.7. The smallest absolute Gasteiger partial charge is 0.307 e. The number of hydrogen-bond acceptors (Lipinski definition) is 6. The van der Waals surface area contributed by atoms with Gasteiger partial charge in [-0.2, -0.15) is 0 Å². The molecule has 0 spiro atoms. The Labute approximate surface area is 293 Å². The van der Waals surface area contributed by atoms with E-state index in [1.54, 1.807) is 32.9 Å². The number of hydrogen-bond donors (Lipinski definition) is 2. The van der Waals surface area contributed by atoms with E-state index in [9.17, 15) is 14.3 Å². The predicted molar refractivity (Wildman–Crippen MR) is 196 cm³/mol. The Kier molecular flexibility index (Phi) is 11.5. The van der Waals surface area contributed by atoms with Crippen LogP contribution in [0.2, 0.25) is 0 Å². The predicted octanol–water partition coefficient (Wildman–Crippen LogP) is 7.69. The molecule has 3 aromatic rings. The van der Waals surface area contributed by atoms with Crippen LogP contribution in [0.4, 0.5) is 10.1 Å². The molecule has 3 aliphatic rings. The molecule has 8 heteroatoms. The molecule has 0 atom stereocenters. The lowest BCUT2D eigenvalue weighted by Crippen LogP contribution is -2.38. The largest absolute Gasteiger partial charge is 0.481 e. The lowest BCUT2D eigenvalue weighted by molar-refractivity contribution is -0.136. The van der Waals surface area contributed by atoms with Crippen LogP contribution in [-0.2, 0) is 37.3 Å². The molecule has 1 aromatic heterocycles. The first-order chi connectivity index (χ1) is 23.1. The first-order valence-electron chi connectivity index (χ1n) is 18.1. The van der Waals surface area contributed by atoms with Gasteiger partial charge in [0.25, 0.3) is 0 Å². The van der Waals surface area contributed by atoms with E-state index in [0.717, 1.165) is 111 Å². The summed E-state index contributed by atoms with van der Waals surface area (Å²) in [6, 6.07) is 12.0. The molecule has 266 valence electrons. The van der Waals surface area contributed by atoms with E-state index in [-0.39, 0.29) is 17.7 Å². The number of aromatic nitrogens is 1. The third kappa shape index (κ3) is 9.89. The number of likely N-dealkylation sites (tertiary alicyclic amines) is 1. The van der Waals surface area contributed by atoms with Crippen LogP contribution in [0, 0.1) is 25.1 Å². The highest BCUT2D eigenvalue weighted by Crippen LogP contribution is 2.43. The molecule has 3 aliphatic heterocycles. The van der Waals surface area contributed by atoms with Crippen molar-refractivity contribution in [2.24, 2.45) is 5.41 Å². The average molecular weight is 673 g/mol. The van der Waals surface area contributed by atoms with Gasteiger partial charge in [0.1, 0.15) is 5.82 Å². The molecule has 0 saturated carbocycles. The van der Waals surface area contributed by atoms with Crippen LogP contribution in [0.1, 0.15) is 99.5 Å². The minimum Gasteiger partial charge on any atom is -0.481 e. The van der Waals surface area contributed by atoms with Crippen LogP contribution in [0.25, 0.3) is 11.1 Å². The van der Waals surface area contributed by atoms with Crippen LogP contribution in [0.5, 0.6) is 0 Å². The van der Waals surface area contributed by atoms with Crippen molar-refractivity contribution in [1.29, 1.82) is 0 Å². The maximum absolute atomic E-state index is 13.7. The average Bonchev–Trinajstić information content (AvgIpc) is 3.52. The first-order valence-corrected chi connectivity index (χ1v) is 18.1. The van der Waals surface area contributed by atoms with E-state index in [4.69, 9.17) is 10.1 Å². The fourth-order valence-electron chi connectivity index (χ4n) is 7.38. The summed E-state index contributed by atoms with van der Waals surface area (Å²) in [6.07, 6.45) is 5.51. The van der Waals surface area contributed by atoms with E-state index in [0.29, 0.717) is 0 Å². The van der Waals surface area contributed by atoms with E-state index >= 15 is 0 Å². The topological polar surface area (TPSA) is 80.1 Å². The maximum Gasteiger partial charge on any atom is 0.307 e. The number of nitrogens with zero attached hydrogens (tertiary/aromatic N) is 4. The quantitative estimate of drug-likeness (QED) is 0.254. The molecule has 0 aliphatic carbocycles. The van der Waals surface area contributed by atoms with E-state index in [1.165, 1.54) is 29.5 Å².